The Hall–Kier alpha value is -0.650. The summed E-state index contributed by atoms with van der Waals surface area (Å²) in [5.74, 6) is 0. The summed E-state index contributed by atoms with van der Waals surface area (Å²) < 4.78 is 9.83. The second kappa shape index (κ2) is 5.93. The molecule has 0 aromatic heterocycles. The number of quaternary nitrogens is 1. The predicted molar refractivity (Wildman–Crippen MR) is 43.1 cm³/mol. The lowest BCUT2D eigenvalue weighted by atomic mass is 10.5. The summed E-state index contributed by atoms with van der Waals surface area (Å²) in [6, 6.07) is -0.144. The van der Waals surface area contributed by atoms with Crippen molar-refractivity contribution in [2.24, 2.45) is 0 Å². The van der Waals surface area contributed by atoms with E-state index in [1.807, 2.05) is 0 Å². The molecular formula is C7H16N2O3. The van der Waals surface area contributed by atoms with Gasteiger partial charge in [0, 0.05) is 21.3 Å². The third-order valence-corrected chi connectivity index (χ3v) is 1.50. The van der Waals surface area contributed by atoms with E-state index in [2.05, 4.69) is 7.05 Å². The standard InChI is InChI=1S/C7H16N2O3/c1-8-7(10)9(2)5-6(11-3)12-4/h6H,1,5,8H2,2-4H3. The molecule has 0 aromatic rings. The first-order chi connectivity index (χ1) is 5.65. The van der Waals surface area contributed by atoms with E-state index in [9.17, 15) is 4.79 Å². The van der Waals surface area contributed by atoms with Crippen LogP contribution in [0.5, 0.6) is 0 Å². The monoisotopic (exact) mass is 176 g/mol. The van der Waals surface area contributed by atoms with Crippen LogP contribution in [0.4, 0.5) is 4.79 Å². The number of hydrogen-bond donors (Lipinski definition) is 1. The first-order valence-corrected chi connectivity index (χ1v) is 3.58. The smallest absolute Gasteiger partial charge is 0.389 e. The molecule has 0 unspecified atom stereocenters. The van der Waals surface area contributed by atoms with Gasteiger partial charge in [-0.3, -0.25) is 4.90 Å². The number of urea groups is 1. The van der Waals surface area contributed by atoms with Gasteiger partial charge < -0.3 is 14.8 Å². The Bertz CT molecular complexity index is 137. The second-order valence-electron chi connectivity index (χ2n) is 2.32. The summed E-state index contributed by atoms with van der Waals surface area (Å²) in [4.78, 5) is 12.5. The Balaban J connectivity index is 3.80. The highest BCUT2D eigenvalue weighted by Gasteiger charge is 2.14. The van der Waals surface area contributed by atoms with E-state index >= 15 is 0 Å². The number of methoxy groups -OCH3 is 2. The molecule has 0 aromatic carbocycles. The number of carbonyl (C=O) groups is 1. The fourth-order valence-electron chi connectivity index (χ4n) is 0.715. The molecule has 0 fully saturated rings. The SMILES string of the molecule is [CH2-][NH2+]C(=O)N(C)CC(OC)OC. The van der Waals surface area contributed by atoms with E-state index in [0.29, 0.717) is 6.54 Å². The summed E-state index contributed by atoms with van der Waals surface area (Å²) in [5.41, 5.74) is 0. The lowest BCUT2D eigenvalue weighted by Crippen LogP contribution is -2.84. The molecule has 12 heavy (non-hydrogen) atoms. The first kappa shape index (κ1) is 11.4. The van der Waals surface area contributed by atoms with Crippen LogP contribution in [-0.2, 0) is 9.47 Å². The van der Waals surface area contributed by atoms with Crippen molar-refractivity contribution in [2.75, 3.05) is 27.8 Å². The Kier molecular flexibility index (Phi) is 5.61. The van der Waals surface area contributed by atoms with Crippen molar-refractivity contribution in [2.45, 2.75) is 6.29 Å². The molecule has 0 bridgehead atoms. The number of likely N-dealkylation sites (N-methyl/N-ethyl adjacent to an activating group) is 1. The molecule has 2 N–H and O–H groups in total. The van der Waals surface area contributed by atoms with Gasteiger partial charge in [0.2, 0.25) is 0 Å². The molecule has 72 valence electrons. The largest absolute Gasteiger partial charge is 0.395 e. The van der Waals surface area contributed by atoms with Gasteiger partial charge in [0.25, 0.3) is 0 Å². The fraction of sp³-hybridized carbons (Fsp3) is 0.714. The third kappa shape index (κ3) is 3.66. The van der Waals surface area contributed by atoms with Gasteiger partial charge >= 0.3 is 6.03 Å². The summed E-state index contributed by atoms with van der Waals surface area (Å²) in [7, 11) is 8.09. The molecule has 0 aliphatic heterocycles. The maximum Gasteiger partial charge on any atom is 0.389 e. The molecule has 0 saturated carbocycles. The van der Waals surface area contributed by atoms with Crippen LogP contribution in [0.25, 0.3) is 0 Å². The van der Waals surface area contributed by atoms with Gasteiger partial charge in [0.05, 0.1) is 6.54 Å². The van der Waals surface area contributed by atoms with Crippen molar-refractivity contribution >= 4 is 6.03 Å². The van der Waals surface area contributed by atoms with E-state index in [-0.39, 0.29) is 12.3 Å². The van der Waals surface area contributed by atoms with E-state index in [0.717, 1.165) is 0 Å². The third-order valence-electron chi connectivity index (χ3n) is 1.50. The number of ether oxygens (including phenoxy) is 2. The van der Waals surface area contributed by atoms with Crippen molar-refractivity contribution < 1.29 is 19.6 Å². The number of carbonyl (C=O) groups excluding carboxylic acids is 1. The minimum Gasteiger partial charge on any atom is -0.395 e. The maximum atomic E-state index is 11.0. The predicted octanol–water partition coefficient (Wildman–Crippen LogP) is -0.988. The molecule has 0 atom stereocenters. The Morgan fingerprint density at radius 2 is 2.08 bits per heavy atom. The second-order valence-corrected chi connectivity index (χ2v) is 2.32. The van der Waals surface area contributed by atoms with Crippen LogP contribution in [0, 0.1) is 7.05 Å². The van der Waals surface area contributed by atoms with Gasteiger partial charge in [-0.2, -0.15) is 0 Å². The van der Waals surface area contributed by atoms with E-state index < -0.39 is 0 Å². The molecule has 0 heterocycles. The number of nitrogens with zero attached hydrogens (tertiary/aromatic N) is 1. The molecule has 0 aliphatic carbocycles. The first-order valence-electron chi connectivity index (χ1n) is 3.58. The van der Waals surface area contributed by atoms with Gasteiger partial charge in [0.15, 0.2) is 6.29 Å². The zero-order valence-electron chi connectivity index (χ0n) is 7.74. The number of primary amides is 1. The maximum absolute atomic E-state index is 11.0. The molecule has 5 heteroatoms. The number of nitrogens with two attached hydrogens (primary N) is 1. The van der Waals surface area contributed by atoms with Crippen LogP contribution < -0.4 is 5.32 Å². The summed E-state index contributed by atoms with van der Waals surface area (Å²) in [6.07, 6.45) is -0.376. The normalized spacial score (nSPS) is 10.4. The van der Waals surface area contributed by atoms with Crippen molar-refractivity contribution in [1.82, 2.24) is 4.90 Å². The van der Waals surface area contributed by atoms with Crippen LogP contribution in [0.3, 0.4) is 0 Å². The fourth-order valence-corrected chi connectivity index (χ4v) is 0.715. The molecule has 2 amide bonds. The molecule has 5 nitrogen and oxygen atoms in total. The van der Waals surface area contributed by atoms with E-state index in [1.54, 1.807) is 7.05 Å². The Labute approximate surface area is 72.6 Å². The van der Waals surface area contributed by atoms with Crippen molar-refractivity contribution in [3.8, 4) is 0 Å². The van der Waals surface area contributed by atoms with Crippen molar-refractivity contribution in [3.05, 3.63) is 7.05 Å². The van der Waals surface area contributed by atoms with Crippen LogP contribution in [0.15, 0.2) is 0 Å². The highest BCUT2D eigenvalue weighted by atomic mass is 16.7. The number of rotatable bonds is 4. The topological polar surface area (TPSA) is 55.4 Å². The highest BCUT2D eigenvalue weighted by molar-refractivity contribution is 5.63. The summed E-state index contributed by atoms with van der Waals surface area (Å²) >= 11 is 0. The van der Waals surface area contributed by atoms with Crippen LogP contribution in [0.2, 0.25) is 0 Å². The van der Waals surface area contributed by atoms with Crippen molar-refractivity contribution in [1.29, 1.82) is 0 Å². The van der Waals surface area contributed by atoms with Crippen LogP contribution in [0.1, 0.15) is 0 Å². The van der Waals surface area contributed by atoms with Gasteiger partial charge in [-0.15, -0.1) is 7.05 Å². The average molecular weight is 176 g/mol. The summed E-state index contributed by atoms with van der Waals surface area (Å²) in [6.45, 7) is 0.401. The number of hydrogen-bond acceptors (Lipinski definition) is 3. The molecule has 0 rings (SSSR count). The Morgan fingerprint density at radius 1 is 1.58 bits per heavy atom. The minimum absolute atomic E-state index is 0.144. The minimum atomic E-state index is -0.376. The van der Waals surface area contributed by atoms with Gasteiger partial charge in [0.1, 0.15) is 0 Å². The van der Waals surface area contributed by atoms with E-state index in [1.165, 1.54) is 24.4 Å². The molecular weight excluding hydrogens is 160 g/mol. The molecule has 0 saturated heterocycles. The van der Waals surface area contributed by atoms with Crippen LogP contribution in [-0.4, -0.2) is 45.0 Å². The molecule has 0 spiro atoms. The average Bonchev–Trinajstić information content (AvgIpc) is 2.12. The van der Waals surface area contributed by atoms with Gasteiger partial charge in [-0.1, -0.05) is 0 Å². The number of amides is 2. The molecule has 0 radical (unpaired) electrons. The summed E-state index contributed by atoms with van der Waals surface area (Å²) in [5, 5.41) is 1.25. The zero-order valence-corrected chi connectivity index (χ0v) is 7.74. The van der Waals surface area contributed by atoms with Crippen molar-refractivity contribution in [3.63, 3.8) is 0 Å². The van der Waals surface area contributed by atoms with Gasteiger partial charge in [-0.25, -0.2) is 4.79 Å². The highest BCUT2D eigenvalue weighted by Crippen LogP contribution is 1.93. The Morgan fingerprint density at radius 3 is 2.42 bits per heavy atom. The quantitative estimate of drug-likeness (QED) is 0.442. The van der Waals surface area contributed by atoms with Crippen LogP contribution >= 0.6 is 0 Å². The lowest BCUT2D eigenvalue weighted by molar-refractivity contribution is -0.498. The van der Waals surface area contributed by atoms with Gasteiger partial charge in [-0.05, 0) is 0 Å². The molecule has 0 aliphatic rings. The lowest BCUT2D eigenvalue weighted by Gasteiger charge is -2.20. The van der Waals surface area contributed by atoms with E-state index in [4.69, 9.17) is 9.47 Å². The zero-order chi connectivity index (χ0) is 9.56.